The van der Waals surface area contributed by atoms with Crippen LogP contribution < -0.4 is 20.1 Å². The highest BCUT2D eigenvalue weighted by Gasteiger charge is 2.20. The largest absolute Gasteiger partial charge is 0.493 e. The number of nitrogens with zero attached hydrogens (tertiary/aromatic N) is 3. The van der Waals surface area contributed by atoms with E-state index in [4.69, 9.17) is 37.7 Å². The van der Waals surface area contributed by atoms with Crippen molar-refractivity contribution in [3.05, 3.63) is 62.8 Å². The Hall–Kier alpha value is -2.65. The molecule has 1 aliphatic rings. The molecule has 2 aromatic heterocycles. The van der Waals surface area contributed by atoms with Gasteiger partial charge in [0.1, 0.15) is 23.8 Å². The first kappa shape index (κ1) is 22.2. The van der Waals surface area contributed by atoms with Gasteiger partial charge in [0.15, 0.2) is 11.5 Å². The lowest BCUT2D eigenvalue weighted by molar-refractivity contribution is 0.281. The number of benzene rings is 2. The molecule has 7 nitrogen and oxygen atoms in total. The molecule has 1 saturated heterocycles. The fourth-order valence-electron chi connectivity index (χ4n) is 3.74. The van der Waals surface area contributed by atoms with E-state index in [9.17, 15) is 0 Å². The van der Waals surface area contributed by atoms with Crippen LogP contribution in [0.2, 0.25) is 10.0 Å². The van der Waals surface area contributed by atoms with Gasteiger partial charge in [-0.2, -0.15) is 0 Å². The molecule has 2 aromatic carbocycles. The Morgan fingerprint density at radius 1 is 1.15 bits per heavy atom. The van der Waals surface area contributed by atoms with Crippen LogP contribution in [-0.4, -0.2) is 28.6 Å². The normalized spacial score (nSPS) is 15.7. The van der Waals surface area contributed by atoms with Gasteiger partial charge in [-0.1, -0.05) is 23.2 Å². The van der Waals surface area contributed by atoms with Crippen LogP contribution in [0.5, 0.6) is 11.5 Å². The molecule has 10 heteroatoms. The number of aromatic nitrogens is 3. The van der Waals surface area contributed by atoms with E-state index in [0.29, 0.717) is 40.0 Å². The minimum atomic E-state index is 0.352. The summed E-state index contributed by atoms with van der Waals surface area (Å²) in [5.74, 6) is 1.80. The molecule has 3 heterocycles. The maximum absolute atomic E-state index is 6.14. The number of nitrogens with one attached hydrogen (secondary N) is 2. The summed E-state index contributed by atoms with van der Waals surface area (Å²) >= 11 is 13.8. The molecule has 33 heavy (non-hydrogen) atoms. The Labute approximate surface area is 205 Å². The molecule has 5 rings (SSSR count). The zero-order chi connectivity index (χ0) is 22.8. The van der Waals surface area contributed by atoms with Gasteiger partial charge in [0.2, 0.25) is 0 Å². The number of thiazole rings is 1. The first-order valence-corrected chi connectivity index (χ1v) is 12.1. The number of hydrogen-bond donors (Lipinski definition) is 2. The Morgan fingerprint density at radius 3 is 2.85 bits per heavy atom. The summed E-state index contributed by atoms with van der Waals surface area (Å²) in [6.07, 6.45) is 3.82. The van der Waals surface area contributed by atoms with E-state index in [1.54, 1.807) is 30.6 Å². The average molecular weight is 502 g/mol. The lowest BCUT2D eigenvalue weighted by atomic mass is 10.2. The Kier molecular flexibility index (Phi) is 6.50. The van der Waals surface area contributed by atoms with Crippen LogP contribution in [0.3, 0.4) is 0 Å². The predicted molar refractivity (Wildman–Crippen MR) is 132 cm³/mol. The molecule has 1 fully saturated rings. The van der Waals surface area contributed by atoms with Crippen molar-refractivity contribution in [3.8, 4) is 11.5 Å². The number of anilines is 2. The number of hydrogen-bond acceptors (Lipinski definition) is 8. The van der Waals surface area contributed by atoms with Crippen LogP contribution in [0.15, 0.2) is 42.0 Å². The summed E-state index contributed by atoms with van der Waals surface area (Å²) < 4.78 is 11.7. The first-order valence-electron chi connectivity index (χ1n) is 10.5. The molecule has 4 aromatic rings. The second kappa shape index (κ2) is 9.69. The number of fused-ring (bicyclic) bond motifs is 1. The minimum Gasteiger partial charge on any atom is -0.493 e. The van der Waals surface area contributed by atoms with Crippen molar-refractivity contribution in [2.24, 2.45) is 0 Å². The molecular weight excluding hydrogens is 481 g/mol. The topological polar surface area (TPSA) is 81.2 Å². The molecule has 0 saturated carbocycles. The standard InChI is InChI=1S/C23H21Cl2N5O2S/c1-31-20-8-15-19(27-12-28-22(15)29-13-4-5-16(24)17(25)7-13)9-21(20)32-10-14-11-33-23(30-14)18-3-2-6-26-18/h4-5,7-9,11-12,18,26H,2-3,6,10H2,1H3,(H,27,28,29)/t18-/m0/s1. The van der Waals surface area contributed by atoms with Crippen molar-refractivity contribution >= 4 is 56.9 Å². The molecule has 170 valence electrons. The number of halogens is 2. The number of ether oxygens (including phenoxy) is 2. The van der Waals surface area contributed by atoms with Crippen LogP contribution in [0.1, 0.15) is 29.6 Å². The van der Waals surface area contributed by atoms with Crippen molar-refractivity contribution in [1.29, 1.82) is 0 Å². The zero-order valence-corrected chi connectivity index (χ0v) is 20.1. The smallest absolute Gasteiger partial charge is 0.163 e. The van der Waals surface area contributed by atoms with E-state index >= 15 is 0 Å². The van der Waals surface area contributed by atoms with Crippen molar-refractivity contribution < 1.29 is 9.47 Å². The second-order valence-electron chi connectivity index (χ2n) is 7.61. The summed E-state index contributed by atoms with van der Waals surface area (Å²) in [5, 5.41) is 11.6. The summed E-state index contributed by atoms with van der Waals surface area (Å²) in [5.41, 5.74) is 2.38. The van der Waals surface area contributed by atoms with Gasteiger partial charge < -0.3 is 20.1 Å². The van der Waals surface area contributed by atoms with E-state index in [1.807, 2.05) is 23.6 Å². The van der Waals surface area contributed by atoms with E-state index < -0.39 is 0 Å². The minimum absolute atomic E-state index is 0.352. The van der Waals surface area contributed by atoms with Crippen molar-refractivity contribution in [1.82, 2.24) is 20.3 Å². The van der Waals surface area contributed by atoms with Gasteiger partial charge in [-0.3, -0.25) is 0 Å². The van der Waals surface area contributed by atoms with Gasteiger partial charge in [0.05, 0.1) is 34.4 Å². The third kappa shape index (κ3) is 4.84. The fourth-order valence-corrected chi connectivity index (χ4v) is 4.95. The predicted octanol–water partition coefficient (Wildman–Crippen LogP) is 6.15. The molecule has 1 atom stereocenters. The van der Waals surface area contributed by atoms with Crippen LogP contribution in [0.25, 0.3) is 10.9 Å². The van der Waals surface area contributed by atoms with Crippen LogP contribution >= 0.6 is 34.5 Å². The quantitative estimate of drug-likeness (QED) is 0.314. The highest BCUT2D eigenvalue weighted by Crippen LogP contribution is 2.36. The third-order valence-corrected chi connectivity index (χ3v) is 7.15. The maximum atomic E-state index is 6.14. The van der Waals surface area contributed by atoms with Crippen LogP contribution in [0, 0.1) is 0 Å². The first-order chi connectivity index (χ1) is 16.1. The zero-order valence-electron chi connectivity index (χ0n) is 17.8. The van der Waals surface area contributed by atoms with Gasteiger partial charge in [0.25, 0.3) is 0 Å². The molecule has 0 spiro atoms. The lowest BCUT2D eigenvalue weighted by Crippen LogP contribution is -2.12. The Morgan fingerprint density at radius 2 is 2.06 bits per heavy atom. The summed E-state index contributed by atoms with van der Waals surface area (Å²) in [4.78, 5) is 13.5. The van der Waals surface area contributed by atoms with Gasteiger partial charge in [0, 0.05) is 22.5 Å². The Bertz CT molecular complexity index is 1290. The SMILES string of the molecule is COc1cc2c(Nc3ccc(Cl)c(Cl)c3)ncnc2cc1OCc1csc([C@@H]2CCCN2)n1. The second-order valence-corrected chi connectivity index (χ2v) is 9.32. The van der Waals surface area contributed by atoms with Gasteiger partial charge in [-0.25, -0.2) is 15.0 Å². The summed E-state index contributed by atoms with van der Waals surface area (Å²) in [6.45, 7) is 1.40. The fraction of sp³-hybridized carbons (Fsp3) is 0.261. The Balaban J connectivity index is 1.38. The monoisotopic (exact) mass is 501 g/mol. The van der Waals surface area contributed by atoms with Crippen LogP contribution in [-0.2, 0) is 6.61 Å². The molecule has 0 bridgehead atoms. The van der Waals surface area contributed by atoms with Crippen molar-refractivity contribution in [2.75, 3.05) is 19.0 Å². The molecular formula is C23H21Cl2N5O2S. The van der Waals surface area contributed by atoms with Gasteiger partial charge in [-0.05, 0) is 43.7 Å². The van der Waals surface area contributed by atoms with Crippen molar-refractivity contribution in [3.63, 3.8) is 0 Å². The number of rotatable bonds is 7. The highest BCUT2D eigenvalue weighted by molar-refractivity contribution is 7.09. The summed E-state index contributed by atoms with van der Waals surface area (Å²) in [7, 11) is 1.61. The summed E-state index contributed by atoms with van der Waals surface area (Å²) in [6, 6.07) is 9.38. The molecule has 1 aliphatic heterocycles. The highest BCUT2D eigenvalue weighted by atomic mass is 35.5. The molecule has 2 N–H and O–H groups in total. The number of methoxy groups -OCH3 is 1. The third-order valence-electron chi connectivity index (χ3n) is 5.41. The molecule has 0 aliphatic carbocycles. The van der Waals surface area contributed by atoms with Gasteiger partial charge in [-0.15, -0.1) is 11.3 Å². The van der Waals surface area contributed by atoms with E-state index in [0.717, 1.165) is 40.3 Å². The molecule has 0 amide bonds. The molecule has 0 radical (unpaired) electrons. The molecule has 0 unspecified atom stereocenters. The van der Waals surface area contributed by atoms with E-state index in [-0.39, 0.29) is 0 Å². The van der Waals surface area contributed by atoms with E-state index in [1.165, 1.54) is 12.7 Å². The van der Waals surface area contributed by atoms with Crippen molar-refractivity contribution in [2.45, 2.75) is 25.5 Å². The van der Waals surface area contributed by atoms with Crippen LogP contribution in [0.4, 0.5) is 11.5 Å². The maximum Gasteiger partial charge on any atom is 0.163 e. The van der Waals surface area contributed by atoms with Gasteiger partial charge >= 0.3 is 0 Å². The van der Waals surface area contributed by atoms with E-state index in [2.05, 4.69) is 20.6 Å². The average Bonchev–Trinajstić information content (AvgIpc) is 3.52. The lowest BCUT2D eigenvalue weighted by Gasteiger charge is -2.13.